The van der Waals surface area contributed by atoms with Crippen LogP contribution >= 0.6 is 11.6 Å². The van der Waals surface area contributed by atoms with Gasteiger partial charge in [0.05, 0.1) is 5.54 Å². The van der Waals surface area contributed by atoms with E-state index in [-0.39, 0.29) is 5.92 Å². The van der Waals surface area contributed by atoms with Crippen molar-refractivity contribution in [3.05, 3.63) is 12.2 Å². The molecule has 3 aliphatic rings. The molecular formula is C16H25ClN2O4. The van der Waals surface area contributed by atoms with Gasteiger partial charge in [0.2, 0.25) is 0 Å². The predicted octanol–water partition coefficient (Wildman–Crippen LogP) is 0.396. The third-order valence-corrected chi connectivity index (χ3v) is 6.12. The topological polar surface area (TPSA) is 105 Å². The van der Waals surface area contributed by atoms with E-state index in [2.05, 4.69) is 5.32 Å². The van der Waals surface area contributed by atoms with Gasteiger partial charge in [0, 0.05) is 11.8 Å². The van der Waals surface area contributed by atoms with E-state index in [1.54, 1.807) is 13.0 Å². The third-order valence-electron chi connectivity index (χ3n) is 5.85. The van der Waals surface area contributed by atoms with Gasteiger partial charge < -0.3 is 20.7 Å². The molecule has 0 bridgehead atoms. The number of ether oxygens (including phenoxy) is 1. The third kappa shape index (κ3) is 2.19. The molecule has 130 valence electrons. The highest BCUT2D eigenvalue weighted by Crippen LogP contribution is 2.55. The number of carbonyl (C=O) groups is 1. The Morgan fingerprint density at radius 1 is 1.61 bits per heavy atom. The summed E-state index contributed by atoms with van der Waals surface area (Å²) in [6.45, 7) is 1.76. The highest BCUT2D eigenvalue weighted by Gasteiger charge is 2.79. The van der Waals surface area contributed by atoms with Gasteiger partial charge in [-0.05, 0) is 39.0 Å². The van der Waals surface area contributed by atoms with E-state index in [1.165, 1.54) is 0 Å². The molecule has 7 heteroatoms. The number of esters is 1. The fourth-order valence-corrected chi connectivity index (χ4v) is 4.61. The molecule has 6 nitrogen and oxygen atoms in total. The molecule has 0 aromatic rings. The average Bonchev–Trinajstić information content (AvgIpc) is 2.69. The van der Waals surface area contributed by atoms with Crippen LogP contribution in [0.25, 0.3) is 0 Å². The second-order valence-electron chi connectivity index (χ2n) is 7.14. The summed E-state index contributed by atoms with van der Waals surface area (Å²) >= 11 is 5.76. The van der Waals surface area contributed by atoms with Crippen LogP contribution in [0.3, 0.4) is 0 Å². The molecule has 2 saturated heterocycles. The van der Waals surface area contributed by atoms with E-state index in [4.69, 9.17) is 22.1 Å². The van der Waals surface area contributed by atoms with Gasteiger partial charge in [-0.1, -0.05) is 12.2 Å². The van der Waals surface area contributed by atoms with Crippen molar-refractivity contribution in [3.8, 4) is 0 Å². The quantitative estimate of drug-likeness (QED) is 0.327. The van der Waals surface area contributed by atoms with Crippen LogP contribution in [0, 0.1) is 5.92 Å². The van der Waals surface area contributed by atoms with Gasteiger partial charge in [-0.25, -0.2) is 4.79 Å². The van der Waals surface area contributed by atoms with Crippen molar-refractivity contribution in [3.63, 3.8) is 0 Å². The van der Waals surface area contributed by atoms with Crippen molar-refractivity contribution < 1.29 is 19.7 Å². The smallest absolute Gasteiger partial charge is 0.334 e. The van der Waals surface area contributed by atoms with Crippen LogP contribution in [0.2, 0.25) is 0 Å². The highest BCUT2D eigenvalue weighted by molar-refractivity contribution is 6.17. The lowest BCUT2D eigenvalue weighted by Gasteiger charge is -2.57. The number of alkyl halides is 1. The zero-order valence-corrected chi connectivity index (χ0v) is 14.1. The molecule has 0 aromatic carbocycles. The summed E-state index contributed by atoms with van der Waals surface area (Å²) in [4.78, 5) is 12.4. The lowest BCUT2D eigenvalue weighted by Crippen LogP contribution is -2.83. The van der Waals surface area contributed by atoms with Crippen molar-refractivity contribution in [1.82, 2.24) is 5.32 Å². The molecule has 2 heterocycles. The molecule has 2 fully saturated rings. The number of allylic oxidation sites excluding steroid dienone is 1. The van der Waals surface area contributed by atoms with Crippen molar-refractivity contribution >= 4 is 17.6 Å². The standard InChI is InChI=1S/C16H25ClN2O4/c1-14-10(6-5-9-17)11(20)19-16(14,13(22)23-14)12(21)15(18)7-3-2-4-8-15/h3,7,10-12,19-21H,2,4-6,8-9,18H2,1H3/t10-,11?,12-,14-,15-,16-/m0/s1. The summed E-state index contributed by atoms with van der Waals surface area (Å²) in [6.07, 6.45) is 5.23. The maximum Gasteiger partial charge on any atom is 0.334 e. The minimum absolute atomic E-state index is 0.329. The van der Waals surface area contributed by atoms with E-state index in [0.29, 0.717) is 25.1 Å². The highest BCUT2D eigenvalue weighted by atomic mass is 35.5. The SMILES string of the molecule is C[C@@]12OC(=O)[C@]1([C@@H](O)[C@]1(N)C=CCCC1)NC(O)[C@@H]2CCCCl. The minimum atomic E-state index is -1.38. The van der Waals surface area contributed by atoms with Crippen LogP contribution in [-0.2, 0) is 9.53 Å². The molecule has 0 spiro atoms. The van der Waals surface area contributed by atoms with Crippen LogP contribution in [0.15, 0.2) is 12.2 Å². The first-order valence-electron chi connectivity index (χ1n) is 8.21. The lowest BCUT2D eigenvalue weighted by atomic mass is 9.62. The van der Waals surface area contributed by atoms with Gasteiger partial charge >= 0.3 is 5.97 Å². The summed E-state index contributed by atoms with van der Waals surface area (Å²) in [6, 6.07) is 0. The Kier molecular flexibility index (Phi) is 4.26. The largest absolute Gasteiger partial charge is 0.455 e. The number of aliphatic hydroxyl groups excluding tert-OH is 2. The van der Waals surface area contributed by atoms with E-state index < -0.39 is 35.0 Å². The van der Waals surface area contributed by atoms with Gasteiger partial charge in [-0.3, -0.25) is 5.32 Å². The second kappa shape index (κ2) is 5.70. The monoisotopic (exact) mass is 344 g/mol. The van der Waals surface area contributed by atoms with Gasteiger partial charge in [0.15, 0.2) is 5.54 Å². The Morgan fingerprint density at radius 2 is 2.35 bits per heavy atom. The molecule has 0 radical (unpaired) electrons. The van der Waals surface area contributed by atoms with Crippen LogP contribution in [0.4, 0.5) is 0 Å². The van der Waals surface area contributed by atoms with Crippen LogP contribution < -0.4 is 11.1 Å². The van der Waals surface area contributed by atoms with E-state index in [1.807, 2.05) is 6.08 Å². The number of rotatable bonds is 5. The Balaban J connectivity index is 1.94. The molecule has 0 amide bonds. The van der Waals surface area contributed by atoms with Crippen molar-refractivity contribution in [1.29, 1.82) is 0 Å². The molecule has 1 unspecified atom stereocenters. The first-order valence-corrected chi connectivity index (χ1v) is 8.75. The summed E-state index contributed by atoms with van der Waals surface area (Å²) in [5, 5.41) is 24.4. The maximum absolute atomic E-state index is 12.4. The van der Waals surface area contributed by atoms with Crippen molar-refractivity contribution in [2.24, 2.45) is 11.7 Å². The zero-order chi connectivity index (χ0) is 16.9. The fourth-order valence-electron chi connectivity index (χ4n) is 4.45. The number of carbonyl (C=O) groups excluding carboxylic acids is 1. The van der Waals surface area contributed by atoms with E-state index >= 15 is 0 Å². The molecule has 5 N–H and O–H groups in total. The van der Waals surface area contributed by atoms with Crippen LogP contribution in [0.5, 0.6) is 0 Å². The van der Waals surface area contributed by atoms with Crippen LogP contribution in [-0.4, -0.2) is 51.1 Å². The molecule has 0 aromatic heterocycles. The fraction of sp³-hybridized carbons (Fsp3) is 0.812. The van der Waals surface area contributed by atoms with E-state index in [0.717, 1.165) is 12.8 Å². The summed E-state index contributed by atoms with van der Waals surface area (Å²) in [5.41, 5.74) is 3.01. The normalized spacial score (nSPS) is 46.9. The zero-order valence-electron chi connectivity index (χ0n) is 13.3. The maximum atomic E-state index is 12.4. The Bertz CT molecular complexity index is 530. The van der Waals surface area contributed by atoms with Gasteiger partial charge in [-0.15, -0.1) is 11.6 Å². The number of fused-ring (bicyclic) bond motifs is 1. The number of aliphatic hydroxyl groups is 2. The number of halogens is 1. The van der Waals surface area contributed by atoms with Crippen LogP contribution in [0.1, 0.15) is 39.0 Å². The van der Waals surface area contributed by atoms with Gasteiger partial charge in [-0.2, -0.15) is 0 Å². The average molecular weight is 345 g/mol. The number of hydrogen-bond donors (Lipinski definition) is 4. The molecular weight excluding hydrogens is 320 g/mol. The first-order chi connectivity index (χ1) is 10.8. The van der Waals surface area contributed by atoms with Gasteiger partial charge in [0.1, 0.15) is 17.9 Å². The number of nitrogens with two attached hydrogens (primary N) is 1. The Labute approximate surface area is 141 Å². The van der Waals surface area contributed by atoms with Crippen molar-refractivity contribution in [2.45, 2.75) is 68.0 Å². The Morgan fingerprint density at radius 3 is 2.91 bits per heavy atom. The Hall–Kier alpha value is -0.660. The summed E-state index contributed by atoms with van der Waals surface area (Å²) < 4.78 is 5.45. The van der Waals surface area contributed by atoms with Gasteiger partial charge in [0.25, 0.3) is 0 Å². The van der Waals surface area contributed by atoms with E-state index in [9.17, 15) is 15.0 Å². The lowest BCUT2D eigenvalue weighted by molar-refractivity contribution is -0.239. The summed E-state index contributed by atoms with van der Waals surface area (Å²) in [5.74, 6) is -0.416. The minimum Gasteiger partial charge on any atom is -0.455 e. The molecule has 6 atom stereocenters. The molecule has 23 heavy (non-hydrogen) atoms. The second-order valence-corrected chi connectivity index (χ2v) is 7.52. The predicted molar refractivity (Wildman–Crippen MR) is 85.7 cm³/mol. The molecule has 1 aliphatic carbocycles. The molecule has 3 rings (SSSR count). The van der Waals surface area contributed by atoms with Crippen molar-refractivity contribution in [2.75, 3.05) is 5.88 Å². The number of hydrogen-bond acceptors (Lipinski definition) is 6. The number of nitrogens with one attached hydrogen (secondary N) is 1. The molecule has 0 saturated carbocycles. The summed E-state index contributed by atoms with van der Waals surface area (Å²) in [7, 11) is 0. The molecule has 2 aliphatic heterocycles. The first kappa shape index (κ1) is 17.2.